The van der Waals surface area contributed by atoms with Crippen LogP contribution in [0.3, 0.4) is 0 Å². The standard InChI is InChI=1S/C20H25FN4O4/c1-13(2)8-10-24-16-17(22-19(24)29-15-7-4-6-14(21)12-15)23(3)20(28)25(18(16)27)9-5-11-26/h4,6-7,12-13,26H,5,8-11H2,1-3H3/p+1. The Kier molecular flexibility index (Phi) is 6.17. The van der Waals surface area contributed by atoms with Crippen molar-refractivity contribution < 1.29 is 18.8 Å². The van der Waals surface area contributed by atoms with Gasteiger partial charge in [-0.2, -0.15) is 9.55 Å². The zero-order valence-corrected chi connectivity index (χ0v) is 16.8. The lowest BCUT2D eigenvalue weighted by atomic mass is 10.1. The molecule has 9 heteroatoms. The van der Waals surface area contributed by atoms with Crippen molar-refractivity contribution in [1.29, 1.82) is 0 Å². The van der Waals surface area contributed by atoms with Crippen molar-refractivity contribution in [2.45, 2.75) is 39.8 Å². The minimum atomic E-state index is -0.481. The maximum Gasteiger partial charge on any atom is 0.461 e. The summed E-state index contributed by atoms with van der Waals surface area (Å²) in [7, 11) is 1.56. The number of hydrogen-bond donors (Lipinski definition) is 2. The Morgan fingerprint density at radius 1 is 1.31 bits per heavy atom. The topological polar surface area (TPSA) is 93.1 Å². The van der Waals surface area contributed by atoms with Crippen LogP contribution in [0, 0.1) is 11.7 Å². The van der Waals surface area contributed by atoms with Crippen LogP contribution in [0.25, 0.3) is 11.2 Å². The van der Waals surface area contributed by atoms with Crippen LogP contribution in [0.1, 0.15) is 26.7 Å². The van der Waals surface area contributed by atoms with Crippen LogP contribution in [0.2, 0.25) is 0 Å². The number of hydrogen-bond acceptors (Lipinski definition) is 4. The molecule has 0 aliphatic heterocycles. The SMILES string of the molecule is CC(C)CC[n+]1c(Oc2cccc(F)c2)[nH]c2c1c(=O)n(CCCO)c(=O)n2C. The van der Waals surface area contributed by atoms with Gasteiger partial charge >= 0.3 is 17.3 Å². The van der Waals surface area contributed by atoms with Crippen LogP contribution >= 0.6 is 0 Å². The Hall–Kier alpha value is -2.94. The zero-order valence-electron chi connectivity index (χ0n) is 16.8. The van der Waals surface area contributed by atoms with E-state index in [9.17, 15) is 14.0 Å². The number of aryl methyl sites for hydroxylation is 2. The summed E-state index contributed by atoms with van der Waals surface area (Å²) in [6.45, 7) is 4.61. The van der Waals surface area contributed by atoms with Crippen LogP contribution < -0.4 is 20.6 Å². The van der Waals surface area contributed by atoms with E-state index in [0.29, 0.717) is 30.0 Å². The van der Waals surface area contributed by atoms with Gasteiger partial charge in [0.05, 0.1) is 6.54 Å². The monoisotopic (exact) mass is 405 g/mol. The third kappa shape index (κ3) is 4.24. The molecule has 0 aliphatic carbocycles. The fourth-order valence-electron chi connectivity index (χ4n) is 3.16. The molecule has 0 saturated carbocycles. The normalized spacial score (nSPS) is 11.5. The number of aliphatic hydroxyl groups excluding tert-OH is 1. The largest absolute Gasteiger partial charge is 0.461 e. The third-order valence-corrected chi connectivity index (χ3v) is 4.75. The van der Waals surface area contributed by atoms with E-state index in [1.165, 1.54) is 22.8 Å². The number of nitrogens with zero attached hydrogens (tertiary/aromatic N) is 3. The number of ether oxygens (including phenoxy) is 1. The van der Waals surface area contributed by atoms with E-state index in [2.05, 4.69) is 18.8 Å². The van der Waals surface area contributed by atoms with E-state index in [-0.39, 0.29) is 24.9 Å². The van der Waals surface area contributed by atoms with E-state index in [1.807, 2.05) is 0 Å². The number of aliphatic hydroxyl groups is 1. The molecule has 8 nitrogen and oxygen atoms in total. The Bertz CT molecular complexity index is 1130. The van der Waals surface area contributed by atoms with Crippen LogP contribution in [-0.4, -0.2) is 25.8 Å². The highest BCUT2D eigenvalue weighted by atomic mass is 19.1. The first-order valence-corrected chi connectivity index (χ1v) is 9.63. The predicted molar refractivity (Wildman–Crippen MR) is 106 cm³/mol. The molecule has 2 N–H and O–H groups in total. The highest BCUT2D eigenvalue weighted by molar-refractivity contribution is 5.66. The molecule has 0 atom stereocenters. The minimum absolute atomic E-state index is 0.118. The Morgan fingerprint density at radius 3 is 2.72 bits per heavy atom. The molecule has 0 spiro atoms. The molecule has 0 saturated heterocycles. The van der Waals surface area contributed by atoms with E-state index in [0.717, 1.165) is 11.0 Å². The average Bonchev–Trinajstić information content (AvgIpc) is 3.03. The van der Waals surface area contributed by atoms with Crippen molar-refractivity contribution in [3.05, 3.63) is 50.9 Å². The number of benzene rings is 1. The Labute approximate surface area is 166 Å². The summed E-state index contributed by atoms with van der Waals surface area (Å²) in [6.07, 6.45) is 1.07. The van der Waals surface area contributed by atoms with E-state index < -0.39 is 17.1 Å². The first-order valence-electron chi connectivity index (χ1n) is 9.63. The van der Waals surface area contributed by atoms with Gasteiger partial charge in [0.1, 0.15) is 11.6 Å². The second-order valence-electron chi connectivity index (χ2n) is 7.40. The third-order valence-electron chi connectivity index (χ3n) is 4.75. The van der Waals surface area contributed by atoms with Gasteiger partial charge in [0.25, 0.3) is 11.2 Å². The van der Waals surface area contributed by atoms with Gasteiger partial charge in [-0.25, -0.2) is 9.18 Å². The Balaban J connectivity index is 2.21. The van der Waals surface area contributed by atoms with Gasteiger partial charge in [-0.3, -0.25) is 13.9 Å². The van der Waals surface area contributed by atoms with Gasteiger partial charge in [-0.05, 0) is 30.9 Å². The lowest BCUT2D eigenvalue weighted by Gasteiger charge is -2.07. The highest BCUT2D eigenvalue weighted by Gasteiger charge is 2.28. The van der Waals surface area contributed by atoms with E-state index in [1.54, 1.807) is 17.7 Å². The second kappa shape index (κ2) is 8.60. The fraction of sp³-hybridized carbons (Fsp3) is 0.450. The molecule has 29 heavy (non-hydrogen) atoms. The molecule has 3 rings (SSSR count). The first-order chi connectivity index (χ1) is 13.8. The number of rotatable bonds is 8. The Morgan fingerprint density at radius 2 is 2.07 bits per heavy atom. The molecule has 0 unspecified atom stereocenters. The molecule has 0 bridgehead atoms. The number of imidazole rings is 1. The van der Waals surface area contributed by atoms with Gasteiger partial charge in [-0.15, -0.1) is 0 Å². The summed E-state index contributed by atoms with van der Waals surface area (Å²) in [5.74, 6) is 0.213. The van der Waals surface area contributed by atoms with Gasteiger partial charge in [0.2, 0.25) is 0 Å². The molecular weight excluding hydrogens is 379 g/mol. The quantitative estimate of drug-likeness (QED) is 0.558. The average molecular weight is 405 g/mol. The van der Waals surface area contributed by atoms with Crippen molar-refractivity contribution in [1.82, 2.24) is 14.1 Å². The number of fused-ring (bicyclic) bond motifs is 1. The van der Waals surface area contributed by atoms with Gasteiger partial charge in [-0.1, -0.05) is 19.9 Å². The number of H-pyrrole nitrogens is 1. The van der Waals surface area contributed by atoms with Crippen LogP contribution in [-0.2, 0) is 20.1 Å². The predicted octanol–water partition coefficient (Wildman–Crippen LogP) is 1.68. The van der Waals surface area contributed by atoms with Gasteiger partial charge < -0.3 is 9.84 Å². The van der Waals surface area contributed by atoms with Crippen molar-refractivity contribution in [3.8, 4) is 11.8 Å². The molecule has 156 valence electrons. The number of halogens is 1. The minimum Gasteiger partial charge on any atom is -0.396 e. The molecule has 1 aromatic carbocycles. The molecule has 3 aromatic rings. The molecule has 0 aliphatic rings. The molecule has 0 radical (unpaired) electrons. The van der Waals surface area contributed by atoms with Crippen molar-refractivity contribution in [3.63, 3.8) is 0 Å². The summed E-state index contributed by atoms with van der Waals surface area (Å²) in [6, 6.07) is 5.95. The van der Waals surface area contributed by atoms with Crippen LogP contribution in [0.5, 0.6) is 11.8 Å². The van der Waals surface area contributed by atoms with Gasteiger partial charge in [0, 0.05) is 26.3 Å². The lowest BCUT2D eigenvalue weighted by molar-refractivity contribution is -0.677. The summed E-state index contributed by atoms with van der Waals surface area (Å²) in [5.41, 5.74) is -0.302. The summed E-state index contributed by atoms with van der Waals surface area (Å²) in [4.78, 5) is 28.7. The first kappa shape index (κ1) is 20.8. The number of aromatic nitrogens is 4. The maximum atomic E-state index is 13.6. The number of aromatic amines is 1. The van der Waals surface area contributed by atoms with Crippen LogP contribution in [0.4, 0.5) is 4.39 Å². The summed E-state index contributed by atoms with van der Waals surface area (Å²) < 4.78 is 23.6. The van der Waals surface area contributed by atoms with E-state index >= 15 is 0 Å². The second-order valence-corrected chi connectivity index (χ2v) is 7.40. The van der Waals surface area contributed by atoms with Crippen molar-refractivity contribution >= 4 is 11.2 Å². The molecule has 0 fully saturated rings. The van der Waals surface area contributed by atoms with Crippen molar-refractivity contribution in [2.75, 3.05) is 6.61 Å². The molecule has 2 aromatic heterocycles. The van der Waals surface area contributed by atoms with Crippen LogP contribution in [0.15, 0.2) is 33.9 Å². The van der Waals surface area contributed by atoms with Gasteiger partial charge in [0.15, 0.2) is 0 Å². The number of nitrogens with one attached hydrogen (secondary N) is 1. The smallest absolute Gasteiger partial charge is 0.396 e. The maximum absolute atomic E-state index is 13.6. The summed E-state index contributed by atoms with van der Waals surface area (Å²) in [5, 5.41) is 9.10. The van der Waals surface area contributed by atoms with E-state index in [4.69, 9.17) is 9.84 Å². The molecule has 2 heterocycles. The fourth-order valence-corrected chi connectivity index (χ4v) is 3.16. The lowest BCUT2D eigenvalue weighted by Crippen LogP contribution is -2.45. The summed E-state index contributed by atoms with van der Waals surface area (Å²) >= 11 is 0. The molecule has 0 amide bonds. The van der Waals surface area contributed by atoms with Crippen molar-refractivity contribution in [2.24, 2.45) is 13.0 Å². The molecular formula is C20H26FN4O4+. The zero-order chi connectivity index (χ0) is 21.1. The highest BCUT2D eigenvalue weighted by Crippen LogP contribution is 2.20.